The highest BCUT2D eigenvalue weighted by molar-refractivity contribution is 5.74. The van der Waals surface area contributed by atoms with Crippen molar-refractivity contribution in [1.82, 2.24) is 15.6 Å². The highest BCUT2D eigenvalue weighted by atomic mass is 19.1. The van der Waals surface area contributed by atoms with Crippen LogP contribution in [0.4, 0.5) is 15.0 Å². The molecule has 2 heterocycles. The van der Waals surface area contributed by atoms with E-state index in [2.05, 4.69) is 20.5 Å². The summed E-state index contributed by atoms with van der Waals surface area (Å²) in [6.45, 7) is 2.57. The second kappa shape index (κ2) is 7.32. The zero-order valence-electron chi connectivity index (χ0n) is 14.7. The van der Waals surface area contributed by atoms with E-state index in [0.29, 0.717) is 6.54 Å². The Hall–Kier alpha value is -2.63. The molecule has 2 aromatic rings. The summed E-state index contributed by atoms with van der Waals surface area (Å²) < 4.78 is 13.3. The van der Waals surface area contributed by atoms with E-state index in [-0.39, 0.29) is 17.9 Å². The van der Waals surface area contributed by atoms with Gasteiger partial charge in [-0.2, -0.15) is 0 Å². The van der Waals surface area contributed by atoms with Gasteiger partial charge in [0.15, 0.2) is 0 Å². The van der Waals surface area contributed by atoms with E-state index in [1.807, 2.05) is 18.3 Å². The van der Waals surface area contributed by atoms with Crippen molar-refractivity contribution in [3.8, 4) is 0 Å². The van der Waals surface area contributed by atoms with Crippen LogP contribution >= 0.6 is 0 Å². The Morgan fingerprint density at radius 2 is 2.08 bits per heavy atom. The molecule has 1 fully saturated rings. The van der Waals surface area contributed by atoms with Crippen LogP contribution in [-0.4, -0.2) is 24.1 Å². The molecule has 2 amide bonds. The topological polar surface area (TPSA) is 57.3 Å². The zero-order chi connectivity index (χ0) is 17.9. The molecule has 2 aliphatic rings. The van der Waals surface area contributed by atoms with Crippen molar-refractivity contribution in [3.05, 3.63) is 59.0 Å². The molecule has 1 atom stereocenters. The number of benzene rings is 1. The number of carbonyl (C=O) groups excluding carboxylic acids is 1. The first kappa shape index (κ1) is 16.8. The monoisotopic (exact) mass is 354 g/mol. The van der Waals surface area contributed by atoms with Crippen LogP contribution in [0.25, 0.3) is 0 Å². The van der Waals surface area contributed by atoms with Crippen LogP contribution in [0.2, 0.25) is 0 Å². The number of aryl methyl sites for hydroxylation is 1. The largest absolute Gasteiger partial charge is 0.357 e. The van der Waals surface area contributed by atoms with Crippen molar-refractivity contribution in [2.75, 3.05) is 18.0 Å². The lowest BCUT2D eigenvalue weighted by atomic mass is 10.1. The maximum Gasteiger partial charge on any atom is 0.315 e. The summed E-state index contributed by atoms with van der Waals surface area (Å²) in [7, 11) is 0. The minimum absolute atomic E-state index is 0.0544. The quantitative estimate of drug-likeness (QED) is 0.886. The van der Waals surface area contributed by atoms with E-state index < -0.39 is 0 Å². The van der Waals surface area contributed by atoms with E-state index >= 15 is 0 Å². The molecule has 1 aliphatic carbocycles. The number of carbonyl (C=O) groups is 1. The highest BCUT2D eigenvalue weighted by Gasteiger charge is 2.24. The maximum absolute atomic E-state index is 13.3. The number of nitrogens with one attached hydrogen (secondary N) is 2. The number of urea groups is 1. The lowest BCUT2D eigenvalue weighted by Crippen LogP contribution is -2.37. The van der Waals surface area contributed by atoms with E-state index in [9.17, 15) is 9.18 Å². The number of fused-ring (bicyclic) bond motifs is 1. The SMILES string of the molecule is O=C(NCc1ccc(N2CCCC2)nc1)N[C@H]1CCc2cc(F)ccc21. The van der Waals surface area contributed by atoms with Crippen molar-refractivity contribution in [3.63, 3.8) is 0 Å². The average Bonchev–Trinajstić information content (AvgIpc) is 3.31. The number of pyridine rings is 1. The molecule has 1 aromatic carbocycles. The van der Waals surface area contributed by atoms with Crippen LogP contribution in [0, 0.1) is 5.82 Å². The summed E-state index contributed by atoms with van der Waals surface area (Å²) in [5.74, 6) is 0.782. The van der Waals surface area contributed by atoms with Gasteiger partial charge >= 0.3 is 6.03 Å². The van der Waals surface area contributed by atoms with Gasteiger partial charge in [0.2, 0.25) is 0 Å². The number of rotatable bonds is 4. The summed E-state index contributed by atoms with van der Waals surface area (Å²) in [5, 5.41) is 5.86. The molecule has 4 rings (SSSR count). The first-order chi connectivity index (χ1) is 12.7. The summed E-state index contributed by atoms with van der Waals surface area (Å²) in [4.78, 5) is 19.0. The molecular formula is C20H23FN4O. The van der Waals surface area contributed by atoms with Crippen molar-refractivity contribution < 1.29 is 9.18 Å². The van der Waals surface area contributed by atoms with Crippen molar-refractivity contribution in [1.29, 1.82) is 0 Å². The Kier molecular flexibility index (Phi) is 4.73. The van der Waals surface area contributed by atoms with Crippen LogP contribution in [0.1, 0.15) is 42.0 Å². The molecule has 0 radical (unpaired) electrons. The molecule has 1 saturated heterocycles. The summed E-state index contributed by atoms with van der Waals surface area (Å²) in [5.41, 5.74) is 2.96. The fourth-order valence-electron chi connectivity index (χ4n) is 3.78. The highest BCUT2D eigenvalue weighted by Crippen LogP contribution is 2.31. The predicted octanol–water partition coefficient (Wildman–Crippen LogP) is 3.31. The Bertz CT molecular complexity index is 787. The first-order valence-corrected chi connectivity index (χ1v) is 9.21. The molecule has 0 bridgehead atoms. The van der Waals surface area contributed by atoms with Crippen LogP contribution in [0.3, 0.4) is 0 Å². The molecule has 1 aliphatic heterocycles. The minimum atomic E-state index is -0.223. The standard InChI is InChI=1S/C20H23FN4O/c21-16-5-6-17-15(11-16)4-7-18(17)24-20(26)23-13-14-3-8-19(22-12-14)25-9-1-2-10-25/h3,5-6,8,11-12,18H,1-2,4,7,9-10,13H2,(H2,23,24,26)/t18-/m0/s1. The number of hydrogen-bond donors (Lipinski definition) is 2. The molecular weight excluding hydrogens is 331 g/mol. The van der Waals surface area contributed by atoms with Crippen molar-refractivity contribution >= 4 is 11.8 Å². The van der Waals surface area contributed by atoms with Crippen LogP contribution < -0.4 is 15.5 Å². The van der Waals surface area contributed by atoms with Crippen LogP contribution in [0.15, 0.2) is 36.5 Å². The van der Waals surface area contributed by atoms with Gasteiger partial charge in [0, 0.05) is 25.8 Å². The second-order valence-electron chi connectivity index (χ2n) is 6.98. The summed E-state index contributed by atoms with van der Waals surface area (Å²) in [6, 6.07) is 8.53. The number of halogens is 1. The summed E-state index contributed by atoms with van der Waals surface area (Å²) >= 11 is 0. The minimum Gasteiger partial charge on any atom is -0.357 e. The van der Waals surface area contributed by atoms with E-state index in [1.165, 1.54) is 18.9 Å². The molecule has 26 heavy (non-hydrogen) atoms. The van der Waals surface area contributed by atoms with Gasteiger partial charge in [0.1, 0.15) is 11.6 Å². The Labute approximate surface area is 152 Å². The molecule has 2 N–H and O–H groups in total. The Morgan fingerprint density at radius 1 is 1.23 bits per heavy atom. The second-order valence-corrected chi connectivity index (χ2v) is 6.98. The fraction of sp³-hybridized carbons (Fsp3) is 0.400. The maximum atomic E-state index is 13.3. The smallest absolute Gasteiger partial charge is 0.315 e. The lowest BCUT2D eigenvalue weighted by molar-refractivity contribution is 0.236. The third-order valence-corrected chi connectivity index (χ3v) is 5.18. The average molecular weight is 354 g/mol. The lowest BCUT2D eigenvalue weighted by Gasteiger charge is -2.17. The first-order valence-electron chi connectivity index (χ1n) is 9.21. The molecule has 0 saturated carbocycles. The van der Waals surface area contributed by atoms with Gasteiger partial charge in [-0.15, -0.1) is 0 Å². The van der Waals surface area contributed by atoms with Crippen LogP contribution in [0.5, 0.6) is 0 Å². The van der Waals surface area contributed by atoms with Gasteiger partial charge < -0.3 is 15.5 Å². The van der Waals surface area contributed by atoms with Crippen molar-refractivity contribution in [2.45, 2.75) is 38.3 Å². The van der Waals surface area contributed by atoms with Gasteiger partial charge in [-0.05, 0) is 60.6 Å². The number of nitrogens with zero attached hydrogens (tertiary/aromatic N) is 2. The van der Waals surface area contributed by atoms with E-state index in [4.69, 9.17) is 0 Å². The number of anilines is 1. The molecule has 6 heteroatoms. The Balaban J connectivity index is 1.29. The van der Waals surface area contributed by atoms with Crippen molar-refractivity contribution in [2.24, 2.45) is 0 Å². The van der Waals surface area contributed by atoms with E-state index in [1.54, 1.807) is 12.1 Å². The van der Waals surface area contributed by atoms with Gasteiger partial charge in [0.25, 0.3) is 0 Å². The zero-order valence-corrected chi connectivity index (χ0v) is 14.7. The van der Waals surface area contributed by atoms with E-state index in [0.717, 1.165) is 48.4 Å². The molecule has 0 spiro atoms. The summed E-state index contributed by atoms with van der Waals surface area (Å²) in [6.07, 6.45) is 5.87. The number of hydrogen-bond acceptors (Lipinski definition) is 3. The van der Waals surface area contributed by atoms with Gasteiger partial charge in [0.05, 0.1) is 6.04 Å². The fourth-order valence-corrected chi connectivity index (χ4v) is 3.78. The molecule has 136 valence electrons. The van der Waals surface area contributed by atoms with Gasteiger partial charge in [-0.1, -0.05) is 12.1 Å². The van der Waals surface area contributed by atoms with Gasteiger partial charge in [-0.25, -0.2) is 14.2 Å². The number of aromatic nitrogens is 1. The third-order valence-electron chi connectivity index (χ3n) is 5.18. The molecule has 5 nitrogen and oxygen atoms in total. The predicted molar refractivity (Wildman–Crippen MR) is 98.5 cm³/mol. The van der Waals surface area contributed by atoms with Gasteiger partial charge in [-0.3, -0.25) is 0 Å². The number of amides is 2. The van der Waals surface area contributed by atoms with Crippen LogP contribution in [-0.2, 0) is 13.0 Å². The molecule has 0 unspecified atom stereocenters. The Morgan fingerprint density at radius 3 is 2.85 bits per heavy atom. The third kappa shape index (κ3) is 3.64. The normalized spacial score (nSPS) is 18.7. The molecule has 1 aromatic heterocycles.